The molecule has 156 valence electrons. The number of carbonyl (C=O) groups is 1. The summed E-state index contributed by atoms with van der Waals surface area (Å²) in [4.78, 5) is 14.3. The molecule has 0 aliphatic rings. The summed E-state index contributed by atoms with van der Waals surface area (Å²) >= 11 is 0. The first-order chi connectivity index (χ1) is 13.8. The third-order valence-corrected chi connectivity index (χ3v) is 6.63. The fourth-order valence-electron chi connectivity index (χ4n) is 2.80. The van der Waals surface area contributed by atoms with Gasteiger partial charge in [-0.25, -0.2) is 8.42 Å². The summed E-state index contributed by atoms with van der Waals surface area (Å²) in [5.74, 6) is -0.207. The molecule has 0 spiro atoms. The molecule has 29 heavy (non-hydrogen) atoms. The molecule has 0 bridgehead atoms. The number of rotatable bonds is 9. The molecule has 0 unspecified atom stereocenters. The molecule has 1 N–H and O–H groups in total. The number of benzene rings is 2. The van der Waals surface area contributed by atoms with Crippen molar-refractivity contribution in [1.29, 1.82) is 0 Å². The SMILES string of the molecule is CCN(CC)S(=O)(=O)c1ccc(/C=C/C(=O)NCc2ccc(N(C)C)cc2)cc1. The van der Waals surface area contributed by atoms with E-state index >= 15 is 0 Å². The van der Waals surface area contributed by atoms with Gasteiger partial charge in [0.1, 0.15) is 0 Å². The average Bonchev–Trinajstić information content (AvgIpc) is 2.72. The Labute approximate surface area is 173 Å². The molecule has 0 saturated heterocycles. The Morgan fingerprint density at radius 2 is 1.55 bits per heavy atom. The molecule has 1 amide bonds. The second-order valence-electron chi connectivity index (χ2n) is 6.77. The van der Waals surface area contributed by atoms with Gasteiger partial charge >= 0.3 is 0 Å². The number of anilines is 1. The van der Waals surface area contributed by atoms with Crippen LogP contribution in [0.5, 0.6) is 0 Å². The Kier molecular flexibility index (Phi) is 7.99. The van der Waals surface area contributed by atoms with Crippen LogP contribution in [0.15, 0.2) is 59.5 Å². The van der Waals surface area contributed by atoms with Gasteiger partial charge in [0.2, 0.25) is 15.9 Å². The van der Waals surface area contributed by atoms with Crippen molar-refractivity contribution in [2.75, 3.05) is 32.1 Å². The first-order valence-electron chi connectivity index (χ1n) is 9.60. The maximum atomic E-state index is 12.5. The van der Waals surface area contributed by atoms with Crippen molar-refractivity contribution in [3.05, 3.63) is 65.7 Å². The molecular formula is C22H29N3O3S. The third-order valence-electron chi connectivity index (χ3n) is 4.57. The number of amides is 1. The van der Waals surface area contributed by atoms with E-state index in [1.54, 1.807) is 30.3 Å². The maximum Gasteiger partial charge on any atom is 0.244 e. The fourth-order valence-corrected chi connectivity index (χ4v) is 4.25. The van der Waals surface area contributed by atoms with Crippen molar-refractivity contribution in [2.24, 2.45) is 0 Å². The zero-order chi connectivity index (χ0) is 21.4. The molecular weight excluding hydrogens is 386 g/mol. The van der Waals surface area contributed by atoms with Crippen molar-refractivity contribution in [1.82, 2.24) is 9.62 Å². The van der Waals surface area contributed by atoms with Crippen LogP contribution >= 0.6 is 0 Å². The predicted molar refractivity (Wildman–Crippen MR) is 118 cm³/mol. The highest BCUT2D eigenvalue weighted by Gasteiger charge is 2.20. The van der Waals surface area contributed by atoms with Gasteiger partial charge in [-0.15, -0.1) is 0 Å². The summed E-state index contributed by atoms with van der Waals surface area (Å²) < 4.78 is 26.4. The summed E-state index contributed by atoms with van der Waals surface area (Å²) in [5, 5.41) is 2.84. The van der Waals surface area contributed by atoms with E-state index in [1.807, 2.05) is 57.1 Å². The van der Waals surface area contributed by atoms with E-state index in [2.05, 4.69) is 5.32 Å². The Morgan fingerprint density at radius 1 is 0.966 bits per heavy atom. The third kappa shape index (κ3) is 6.17. The molecule has 2 rings (SSSR count). The number of hydrogen-bond donors (Lipinski definition) is 1. The van der Waals surface area contributed by atoms with Crippen LogP contribution in [0.25, 0.3) is 6.08 Å². The van der Waals surface area contributed by atoms with E-state index in [0.717, 1.165) is 16.8 Å². The van der Waals surface area contributed by atoms with E-state index < -0.39 is 10.0 Å². The Morgan fingerprint density at radius 3 is 2.07 bits per heavy atom. The van der Waals surface area contributed by atoms with E-state index in [4.69, 9.17) is 0 Å². The lowest BCUT2D eigenvalue weighted by Crippen LogP contribution is -2.30. The lowest BCUT2D eigenvalue weighted by atomic mass is 10.2. The van der Waals surface area contributed by atoms with Gasteiger partial charge in [0.25, 0.3) is 0 Å². The molecule has 0 aliphatic heterocycles. The Hall–Kier alpha value is -2.64. The van der Waals surface area contributed by atoms with Crippen LogP contribution in [-0.4, -0.2) is 45.8 Å². The van der Waals surface area contributed by atoms with Crippen molar-refractivity contribution >= 4 is 27.7 Å². The van der Waals surface area contributed by atoms with E-state index in [0.29, 0.717) is 19.6 Å². The fraction of sp³-hybridized carbons (Fsp3) is 0.318. The minimum atomic E-state index is -3.47. The molecule has 2 aromatic carbocycles. The van der Waals surface area contributed by atoms with E-state index in [-0.39, 0.29) is 10.8 Å². The molecule has 0 saturated carbocycles. The number of sulfonamides is 1. The minimum Gasteiger partial charge on any atom is -0.378 e. The second kappa shape index (κ2) is 10.2. The van der Waals surface area contributed by atoms with Crippen molar-refractivity contribution in [3.8, 4) is 0 Å². The van der Waals surface area contributed by atoms with Gasteiger partial charge in [-0.1, -0.05) is 38.1 Å². The minimum absolute atomic E-state index is 0.207. The zero-order valence-electron chi connectivity index (χ0n) is 17.4. The number of nitrogens with one attached hydrogen (secondary N) is 1. The largest absolute Gasteiger partial charge is 0.378 e. The average molecular weight is 416 g/mol. The van der Waals surface area contributed by atoms with Gasteiger partial charge in [-0.05, 0) is 41.5 Å². The summed E-state index contributed by atoms with van der Waals surface area (Å²) in [6.45, 7) is 4.93. The molecule has 0 radical (unpaired) electrons. The highest BCUT2D eigenvalue weighted by atomic mass is 32.2. The quantitative estimate of drug-likeness (QED) is 0.639. The van der Waals surface area contributed by atoms with E-state index in [9.17, 15) is 13.2 Å². The molecule has 0 aromatic heterocycles. The lowest BCUT2D eigenvalue weighted by molar-refractivity contribution is -0.116. The monoisotopic (exact) mass is 415 g/mol. The van der Waals surface area contributed by atoms with Crippen LogP contribution in [0.4, 0.5) is 5.69 Å². The van der Waals surface area contributed by atoms with Gasteiger partial charge in [-0.3, -0.25) is 4.79 Å². The lowest BCUT2D eigenvalue weighted by Gasteiger charge is -2.18. The van der Waals surface area contributed by atoms with Crippen LogP contribution in [0.2, 0.25) is 0 Å². The Bertz CT molecular complexity index is 930. The topological polar surface area (TPSA) is 69.7 Å². The molecule has 0 heterocycles. The summed E-state index contributed by atoms with van der Waals surface area (Å²) in [7, 11) is 0.489. The number of nitrogens with zero attached hydrogens (tertiary/aromatic N) is 2. The first kappa shape index (κ1) is 22.6. The maximum absolute atomic E-state index is 12.5. The van der Waals surface area contributed by atoms with E-state index in [1.165, 1.54) is 10.4 Å². The predicted octanol–water partition coefficient (Wildman–Crippen LogP) is 3.11. The van der Waals surface area contributed by atoms with Gasteiger partial charge in [0.05, 0.1) is 4.90 Å². The number of hydrogen-bond acceptors (Lipinski definition) is 4. The molecule has 0 atom stereocenters. The smallest absolute Gasteiger partial charge is 0.244 e. The van der Waals surface area contributed by atoms with Gasteiger partial charge in [0.15, 0.2) is 0 Å². The van der Waals surface area contributed by atoms with Gasteiger partial charge in [-0.2, -0.15) is 4.31 Å². The summed E-state index contributed by atoms with van der Waals surface area (Å²) in [6.07, 6.45) is 3.11. The standard InChI is InChI=1S/C22H29N3O3S/c1-5-25(6-2)29(27,28)21-14-9-18(10-15-21)11-16-22(26)23-17-19-7-12-20(13-8-19)24(3)4/h7-16H,5-6,17H2,1-4H3,(H,23,26)/b16-11+. The molecule has 2 aromatic rings. The second-order valence-corrected chi connectivity index (χ2v) is 8.71. The molecule has 7 heteroatoms. The highest BCUT2D eigenvalue weighted by Crippen LogP contribution is 2.17. The zero-order valence-corrected chi connectivity index (χ0v) is 18.2. The normalized spacial score (nSPS) is 11.8. The van der Waals surface area contributed by atoms with Crippen molar-refractivity contribution in [2.45, 2.75) is 25.3 Å². The van der Waals surface area contributed by atoms with Crippen LogP contribution in [-0.2, 0) is 21.4 Å². The van der Waals surface area contributed by atoms with Gasteiger partial charge < -0.3 is 10.2 Å². The van der Waals surface area contributed by atoms with Crippen molar-refractivity contribution < 1.29 is 13.2 Å². The molecule has 6 nitrogen and oxygen atoms in total. The summed E-state index contributed by atoms with van der Waals surface area (Å²) in [5.41, 5.74) is 2.88. The van der Waals surface area contributed by atoms with Crippen LogP contribution < -0.4 is 10.2 Å². The van der Waals surface area contributed by atoms with Crippen LogP contribution in [0, 0.1) is 0 Å². The molecule has 0 fully saturated rings. The van der Waals surface area contributed by atoms with Crippen molar-refractivity contribution in [3.63, 3.8) is 0 Å². The molecule has 0 aliphatic carbocycles. The Balaban J connectivity index is 1.94. The number of carbonyl (C=O) groups excluding carboxylic acids is 1. The van der Waals surface area contributed by atoms with Crippen LogP contribution in [0.3, 0.4) is 0 Å². The summed E-state index contributed by atoms with van der Waals surface area (Å²) in [6, 6.07) is 14.5. The highest BCUT2D eigenvalue weighted by molar-refractivity contribution is 7.89. The first-order valence-corrected chi connectivity index (χ1v) is 11.0. The van der Waals surface area contributed by atoms with Crippen LogP contribution in [0.1, 0.15) is 25.0 Å². The van der Waals surface area contributed by atoms with Gasteiger partial charge in [0, 0.05) is 45.5 Å².